The van der Waals surface area contributed by atoms with Crippen LogP contribution in [0.5, 0.6) is 5.75 Å². The maximum atomic E-state index is 6.08. The van der Waals surface area contributed by atoms with E-state index in [2.05, 4.69) is 0 Å². The van der Waals surface area contributed by atoms with Gasteiger partial charge >= 0.3 is 0 Å². The molecule has 0 bridgehead atoms. The Kier molecular flexibility index (Phi) is 7.99. The molecule has 0 fully saturated rings. The van der Waals surface area contributed by atoms with E-state index in [0.717, 1.165) is 24.2 Å². The maximum Gasteiger partial charge on any atom is 0.124 e. The third-order valence-electron chi connectivity index (χ3n) is 2.34. The second kappa shape index (κ2) is 8.39. The lowest BCUT2D eigenvalue weighted by atomic mass is 10.0. The normalized spacial score (nSPS) is 11.7. The van der Waals surface area contributed by atoms with Gasteiger partial charge in [0.05, 0.1) is 6.61 Å². The minimum Gasteiger partial charge on any atom is -0.494 e. The zero-order valence-electron chi connectivity index (χ0n) is 9.69. The predicted molar refractivity (Wildman–Crippen MR) is 70.1 cm³/mol. The summed E-state index contributed by atoms with van der Waals surface area (Å²) in [5, 5.41) is 0. The van der Waals surface area contributed by atoms with Crippen LogP contribution in [0.3, 0.4) is 0 Å². The van der Waals surface area contributed by atoms with Crippen LogP contribution in [-0.2, 0) is 0 Å². The average Bonchev–Trinajstić information content (AvgIpc) is 2.27. The summed E-state index contributed by atoms with van der Waals surface area (Å²) in [5.41, 5.74) is 12.6. The van der Waals surface area contributed by atoms with Crippen molar-refractivity contribution < 1.29 is 4.74 Å². The minimum absolute atomic E-state index is 0. The van der Waals surface area contributed by atoms with Crippen molar-refractivity contribution >= 4 is 12.4 Å². The fourth-order valence-electron chi connectivity index (χ4n) is 1.57. The van der Waals surface area contributed by atoms with E-state index >= 15 is 0 Å². The van der Waals surface area contributed by atoms with Crippen molar-refractivity contribution in [1.82, 2.24) is 0 Å². The summed E-state index contributed by atoms with van der Waals surface area (Å²) in [7, 11) is 0. The number of hydrogen-bond acceptors (Lipinski definition) is 3. The molecule has 16 heavy (non-hydrogen) atoms. The van der Waals surface area contributed by atoms with E-state index in [-0.39, 0.29) is 18.4 Å². The number of benzene rings is 1. The first-order valence-corrected chi connectivity index (χ1v) is 5.47. The van der Waals surface area contributed by atoms with Crippen molar-refractivity contribution in [3.8, 4) is 5.75 Å². The Hall–Kier alpha value is -0.770. The van der Waals surface area contributed by atoms with Gasteiger partial charge < -0.3 is 16.2 Å². The fourth-order valence-corrected chi connectivity index (χ4v) is 1.57. The Balaban J connectivity index is 0.00000225. The van der Waals surface area contributed by atoms with Gasteiger partial charge in [0.1, 0.15) is 5.75 Å². The van der Waals surface area contributed by atoms with Crippen molar-refractivity contribution in [2.24, 2.45) is 11.5 Å². The van der Waals surface area contributed by atoms with E-state index in [0.29, 0.717) is 13.2 Å². The van der Waals surface area contributed by atoms with Gasteiger partial charge in [-0.2, -0.15) is 0 Å². The third-order valence-corrected chi connectivity index (χ3v) is 2.34. The molecule has 0 aliphatic heterocycles. The van der Waals surface area contributed by atoms with Crippen LogP contribution in [0, 0.1) is 0 Å². The highest BCUT2D eigenvalue weighted by Crippen LogP contribution is 2.25. The van der Waals surface area contributed by atoms with Crippen LogP contribution in [-0.4, -0.2) is 13.2 Å². The first-order chi connectivity index (χ1) is 7.29. The van der Waals surface area contributed by atoms with E-state index in [9.17, 15) is 0 Å². The molecule has 1 aromatic rings. The van der Waals surface area contributed by atoms with Gasteiger partial charge in [0.2, 0.25) is 0 Å². The molecule has 0 spiro atoms. The summed E-state index contributed by atoms with van der Waals surface area (Å²) in [4.78, 5) is 0. The SMILES string of the molecule is CCOc1ccccc1[C@@H](N)CCCN.Cl. The van der Waals surface area contributed by atoms with Gasteiger partial charge in [0, 0.05) is 11.6 Å². The first-order valence-electron chi connectivity index (χ1n) is 5.47. The Labute approximate surface area is 104 Å². The van der Waals surface area contributed by atoms with E-state index in [1.807, 2.05) is 31.2 Å². The number of halogens is 1. The number of rotatable bonds is 6. The van der Waals surface area contributed by atoms with Gasteiger partial charge in [-0.05, 0) is 32.4 Å². The molecule has 92 valence electrons. The highest BCUT2D eigenvalue weighted by Gasteiger charge is 2.10. The number of ether oxygens (including phenoxy) is 1. The monoisotopic (exact) mass is 244 g/mol. The van der Waals surface area contributed by atoms with E-state index < -0.39 is 0 Å². The van der Waals surface area contributed by atoms with Gasteiger partial charge in [0.15, 0.2) is 0 Å². The molecule has 1 aromatic carbocycles. The average molecular weight is 245 g/mol. The second-order valence-electron chi connectivity index (χ2n) is 3.51. The Bertz CT molecular complexity index is 294. The van der Waals surface area contributed by atoms with Gasteiger partial charge in [-0.1, -0.05) is 18.2 Å². The van der Waals surface area contributed by atoms with Crippen molar-refractivity contribution in [2.75, 3.05) is 13.2 Å². The van der Waals surface area contributed by atoms with Crippen molar-refractivity contribution in [1.29, 1.82) is 0 Å². The molecule has 0 saturated carbocycles. The Morgan fingerprint density at radius 1 is 1.31 bits per heavy atom. The lowest BCUT2D eigenvalue weighted by molar-refractivity contribution is 0.333. The molecule has 0 radical (unpaired) electrons. The van der Waals surface area contributed by atoms with Crippen LogP contribution in [0.2, 0.25) is 0 Å². The zero-order chi connectivity index (χ0) is 11.1. The molecule has 0 amide bonds. The van der Waals surface area contributed by atoms with E-state index in [4.69, 9.17) is 16.2 Å². The first kappa shape index (κ1) is 15.2. The topological polar surface area (TPSA) is 61.3 Å². The fraction of sp³-hybridized carbons (Fsp3) is 0.500. The van der Waals surface area contributed by atoms with Gasteiger partial charge in [-0.15, -0.1) is 12.4 Å². The van der Waals surface area contributed by atoms with Crippen molar-refractivity contribution in [2.45, 2.75) is 25.8 Å². The quantitative estimate of drug-likeness (QED) is 0.807. The number of hydrogen-bond donors (Lipinski definition) is 2. The molecule has 1 atom stereocenters. The third kappa shape index (κ3) is 4.39. The molecule has 0 unspecified atom stereocenters. The Morgan fingerprint density at radius 3 is 2.62 bits per heavy atom. The van der Waals surface area contributed by atoms with E-state index in [1.165, 1.54) is 0 Å². The Morgan fingerprint density at radius 2 is 2.00 bits per heavy atom. The van der Waals surface area contributed by atoms with Crippen LogP contribution in [0.15, 0.2) is 24.3 Å². The van der Waals surface area contributed by atoms with Crippen LogP contribution >= 0.6 is 12.4 Å². The second-order valence-corrected chi connectivity index (χ2v) is 3.51. The van der Waals surface area contributed by atoms with Crippen LogP contribution in [0.1, 0.15) is 31.4 Å². The van der Waals surface area contributed by atoms with Gasteiger partial charge in [0.25, 0.3) is 0 Å². The smallest absolute Gasteiger partial charge is 0.124 e. The molecule has 0 heterocycles. The van der Waals surface area contributed by atoms with Gasteiger partial charge in [-0.25, -0.2) is 0 Å². The standard InChI is InChI=1S/C12H20N2O.ClH/c1-2-15-12-8-4-3-6-10(12)11(14)7-5-9-13;/h3-4,6,8,11H,2,5,7,9,13-14H2,1H3;1H/t11-;/m0./s1. The maximum absolute atomic E-state index is 6.08. The highest BCUT2D eigenvalue weighted by molar-refractivity contribution is 5.85. The highest BCUT2D eigenvalue weighted by atomic mass is 35.5. The minimum atomic E-state index is 0. The van der Waals surface area contributed by atoms with Crippen LogP contribution in [0.4, 0.5) is 0 Å². The van der Waals surface area contributed by atoms with Crippen LogP contribution < -0.4 is 16.2 Å². The molecule has 0 aliphatic rings. The van der Waals surface area contributed by atoms with Crippen LogP contribution in [0.25, 0.3) is 0 Å². The van der Waals surface area contributed by atoms with E-state index in [1.54, 1.807) is 0 Å². The molecule has 4 N–H and O–H groups in total. The summed E-state index contributed by atoms with van der Waals surface area (Å²) in [6.45, 7) is 3.33. The van der Waals surface area contributed by atoms with Crippen molar-refractivity contribution in [3.63, 3.8) is 0 Å². The number of para-hydroxylation sites is 1. The molecule has 0 saturated heterocycles. The lowest BCUT2D eigenvalue weighted by Crippen LogP contribution is -2.13. The summed E-state index contributed by atoms with van der Waals surface area (Å²) in [6, 6.07) is 7.95. The molecule has 3 nitrogen and oxygen atoms in total. The molecule has 4 heteroatoms. The molecular formula is C12H21ClN2O. The molecule has 0 aliphatic carbocycles. The molecular weight excluding hydrogens is 224 g/mol. The number of nitrogens with two attached hydrogens (primary N) is 2. The summed E-state index contributed by atoms with van der Waals surface area (Å²) < 4.78 is 5.53. The summed E-state index contributed by atoms with van der Waals surface area (Å²) in [5.74, 6) is 0.893. The summed E-state index contributed by atoms with van der Waals surface area (Å²) >= 11 is 0. The lowest BCUT2D eigenvalue weighted by Gasteiger charge is -2.15. The molecule has 1 rings (SSSR count). The zero-order valence-corrected chi connectivity index (χ0v) is 10.5. The van der Waals surface area contributed by atoms with Gasteiger partial charge in [-0.3, -0.25) is 0 Å². The largest absolute Gasteiger partial charge is 0.494 e. The predicted octanol–water partition coefficient (Wildman–Crippen LogP) is 2.25. The molecule has 0 aromatic heterocycles. The van der Waals surface area contributed by atoms with Crippen molar-refractivity contribution in [3.05, 3.63) is 29.8 Å². The summed E-state index contributed by atoms with van der Waals surface area (Å²) in [6.07, 6.45) is 1.85.